The molecular formula is C18H20ClNO. The van der Waals surface area contributed by atoms with Gasteiger partial charge >= 0.3 is 0 Å². The van der Waals surface area contributed by atoms with Crippen LogP contribution in [-0.4, -0.2) is 7.11 Å². The first-order chi connectivity index (χ1) is 10.2. The molecule has 2 nitrogen and oxygen atoms in total. The van der Waals surface area contributed by atoms with Gasteiger partial charge in [0.05, 0.1) is 23.9 Å². The van der Waals surface area contributed by atoms with Crippen molar-refractivity contribution in [2.45, 2.75) is 32.2 Å². The summed E-state index contributed by atoms with van der Waals surface area (Å²) in [4.78, 5) is 0. The summed E-state index contributed by atoms with van der Waals surface area (Å²) in [5.41, 5.74) is 4.92. The Morgan fingerprint density at radius 1 is 1.19 bits per heavy atom. The SMILES string of the molecule is COc1ccc2c(c1)C(Nc1ccc(C)cc1Cl)CCC2. The van der Waals surface area contributed by atoms with Gasteiger partial charge in [0.15, 0.2) is 0 Å². The number of anilines is 1. The Bertz CT molecular complexity index is 654. The highest BCUT2D eigenvalue weighted by atomic mass is 35.5. The highest BCUT2D eigenvalue weighted by molar-refractivity contribution is 6.33. The molecule has 0 saturated carbocycles. The second-order valence-electron chi connectivity index (χ2n) is 5.64. The van der Waals surface area contributed by atoms with Crippen LogP contribution >= 0.6 is 11.6 Å². The Hall–Kier alpha value is -1.67. The van der Waals surface area contributed by atoms with Crippen LogP contribution in [0.3, 0.4) is 0 Å². The van der Waals surface area contributed by atoms with E-state index in [9.17, 15) is 0 Å². The molecule has 1 aliphatic rings. The van der Waals surface area contributed by atoms with Gasteiger partial charge in [-0.25, -0.2) is 0 Å². The van der Waals surface area contributed by atoms with Crippen molar-refractivity contribution in [2.24, 2.45) is 0 Å². The van der Waals surface area contributed by atoms with Crippen molar-refractivity contribution in [3.8, 4) is 5.75 Å². The summed E-state index contributed by atoms with van der Waals surface area (Å²) in [6.07, 6.45) is 3.45. The molecule has 0 amide bonds. The normalized spacial score (nSPS) is 17.2. The molecule has 110 valence electrons. The zero-order valence-electron chi connectivity index (χ0n) is 12.4. The number of aryl methyl sites for hydroxylation is 2. The van der Waals surface area contributed by atoms with Crippen LogP contribution in [0.25, 0.3) is 0 Å². The van der Waals surface area contributed by atoms with Gasteiger partial charge in [0.2, 0.25) is 0 Å². The van der Waals surface area contributed by atoms with Crippen molar-refractivity contribution in [2.75, 3.05) is 12.4 Å². The maximum atomic E-state index is 6.35. The molecule has 0 spiro atoms. The number of methoxy groups -OCH3 is 1. The average Bonchev–Trinajstić information content (AvgIpc) is 2.50. The summed E-state index contributed by atoms with van der Waals surface area (Å²) in [7, 11) is 1.71. The molecule has 21 heavy (non-hydrogen) atoms. The summed E-state index contributed by atoms with van der Waals surface area (Å²) in [6.45, 7) is 2.05. The number of fused-ring (bicyclic) bond motifs is 1. The molecule has 2 aromatic rings. The smallest absolute Gasteiger partial charge is 0.119 e. The second-order valence-corrected chi connectivity index (χ2v) is 6.04. The van der Waals surface area contributed by atoms with E-state index >= 15 is 0 Å². The van der Waals surface area contributed by atoms with Crippen LogP contribution < -0.4 is 10.1 Å². The standard InChI is InChI=1S/C18H20ClNO/c1-12-6-9-18(16(19)10-12)20-17-5-3-4-13-7-8-14(21-2)11-15(13)17/h6-11,17,20H,3-5H2,1-2H3. The molecular weight excluding hydrogens is 282 g/mol. The largest absolute Gasteiger partial charge is 0.497 e. The van der Waals surface area contributed by atoms with Crippen molar-refractivity contribution in [1.82, 2.24) is 0 Å². The Balaban J connectivity index is 1.90. The third kappa shape index (κ3) is 3.01. The molecule has 0 bridgehead atoms. The Kier molecular flexibility index (Phi) is 4.07. The van der Waals surface area contributed by atoms with Crippen LogP contribution in [0.1, 0.15) is 35.6 Å². The molecule has 3 heteroatoms. The van der Waals surface area contributed by atoms with E-state index in [1.807, 2.05) is 12.1 Å². The maximum Gasteiger partial charge on any atom is 0.119 e. The van der Waals surface area contributed by atoms with Gasteiger partial charge in [-0.05, 0) is 67.1 Å². The molecule has 3 rings (SSSR count). The van der Waals surface area contributed by atoms with Crippen LogP contribution in [-0.2, 0) is 6.42 Å². The van der Waals surface area contributed by atoms with E-state index in [0.717, 1.165) is 29.3 Å². The van der Waals surface area contributed by atoms with Crippen LogP contribution in [0.4, 0.5) is 5.69 Å². The van der Waals surface area contributed by atoms with E-state index in [4.69, 9.17) is 16.3 Å². The third-order valence-corrected chi connectivity index (χ3v) is 4.43. The topological polar surface area (TPSA) is 21.3 Å². The lowest BCUT2D eigenvalue weighted by atomic mass is 9.87. The molecule has 1 atom stereocenters. The highest BCUT2D eigenvalue weighted by Crippen LogP contribution is 2.36. The second kappa shape index (κ2) is 5.98. The van der Waals surface area contributed by atoms with E-state index in [0.29, 0.717) is 6.04 Å². The molecule has 0 saturated heterocycles. The Labute approximate surface area is 131 Å². The minimum absolute atomic E-state index is 0.295. The first-order valence-corrected chi connectivity index (χ1v) is 7.74. The van der Waals surface area contributed by atoms with Crippen molar-refractivity contribution >= 4 is 17.3 Å². The summed E-state index contributed by atoms with van der Waals surface area (Å²) in [6, 6.07) is 12.8. The molecule has 0 fully saturated rings. The first-order valence-electron chi connectivity index (χ1n) is 7.37. The average molecular weight is 302 g/mol. The third-order valence-electron chi connectivity index (χ3n) is 4.12. The number of hydrogen-bond donors (Lipinski definition) is 1. The molecule has 1 N–H and O–H groups in total. The lowest BCUT2D eigenvalue weighted by molar-refractivity contribution is 0.413. The van der Waals surface area contributed by atoms with Crippen molar-refractivity contribution in [3.05, 3.63) is 58.1 Å². The van der Waals surface area contributed by atoms with Gasteiger partial charge in [-0.3, -0.25) is 0 Å². The molecule has 0 aliphatic heterocycles. The van der Waals surface area contributed by atoms with Gasteiger partial charge in [-0.15, -0.1) is 0 Å². The summed E-state index contributed by atoms with van der Waals surface area (Å²) < 4.78 is 5.36. The van der Waals surface area contributed by atoms with Crippen LogP contribution in [0.15, 0.2) is 36.4 Å². The van der Waals surface area contributed by atoms with Gasteiger partial charge in [-0.2, -0.15) is 0 Å². The lowest BCUT2D eigenvalue weighted by Crippen LogP contribution is -2.17. The number of ether oxygens (including phenoxy) is 1. The van der Waals surface area contributed by atoms with Gasteiger partial charge in [-0.1, -0.05) is 23.7 Å². The molecule has 2 aromatic carbocycles. The van der Waals surface area contributed by atoms with Crippen molar-refractivity contribution in [3.63, 3.8) is 0 Å². The zero-order chi connectivity index (χ0) is 14.8. The monoisotopic (exact) mass is 301 g/mol. The van der Waals surface area contributed by atoms with Crippen LogP contribution in [0, 0.1) is 6.92 Å². The fraction of sp³-hybridized carbons (Fsp3) is 0.333. The Morgan fingerprint density at radius 3 is 2.81 bits per heavy atom. The highest BCUT2D eigenvalue weighted by Gasteiger charge is 2.21. The summed E-state index contributed by atoms with van der Waals surface area (Å²) >= 11 is 6.35. The number of nitrogens with one attached hydrogen (secondary N) is 1. The van der Waals surface area contributed by atoms with Gasteiger partial charge in [0.25, 0.3) is 0 Å². The maximum absolute atomic E-state index is 6.35. The van der Waals surface area contributed by atoms with Crippen molar-refractivity contribution in [1.29, 1.82) is 0 Å². The molecule has 1 aliphatic carbocycles. The fourth-order valence-electron chi connectivity index (χ4n) is 2.98. The van der Waals surface area contributed by atoms with E-state index in [2.05, 4.69) is 36.5 Å². The van der Waals surface area contributed by atoms with Gasteiger partial charge in [0.1, 0.15) is 5.75 Å². The number of rotatable bonds is 3. The lowest BCUT2D eigenvalue weighted by Gasteiger charge is -2.28. The minimum Gasteiger partial charge on any atom is -0.497 e. The van der Waals surface area contributed by atoms with Crippen molar-refractivity contribution < 1.29 is 4.74 Å². The molecule has 1 unspecified atom stereocenters. The number of hydrogen-bond acceptors (Lipinski definition) is 2. The predicted molar refractivity (Wildman–Crippen MR) is 88.5 cm³/mol. The minimum atomic E-state index is 0.295. The molecule has 0 radical (unpaired) electrons. The summed E-state index contributed by atoms with van der Waals surface area (Å²) in [5.74, 6) is 0.914. The van der Waals surface area contributed by atoms with Gasteiger partial charge < -0.3 is 10.1 Å². The van der Waals surface area contributed by atoms with Crippen LogP contribution in [0.5, 0.6) is 5.75 Å². The predicted octanol–water partition coefficient (Wildman–Crippen LogP) is 5.15. The van der Waals surface area contributed by atoms with E-state index in [1.165, 1.54) is 23.1 Å². The van der Waals surface area contributed by atoms with E-state index < -0.39 is 0 Å². The van der Waals surface area contributed by atoms with E-state index in [1.54, 1.807) is 7.11 Å². The first kappa shape index (κ1) is 14.3. The number of benzene rings is 2. The quantitative estimate of drug-likeness (QED) is 0.847. The molecule has 0 heterocycles. The van der Waals surface area contributed by atoms with Crippen LogP contribution in [0.2, 0.25) is 5.02 Å². The number of halogens is 1. The fourth-order valence-corrected chi connectivity index (χ4v) is 3.27. The van der Waals surface area contributed by atoms with Gasteiger partial charge in [0, 0.05) is 0 Å². The Morgan fingerprint density at radius 2 is 2.05 bits per heavy atom. The zero-order valence-corrected chi connectivity index (χ0v) is 13.2. The molecule has 0 aromatic heterocycles. The summed E-state index contributed by atoms with van der Waals surface area (Å²) in [5, 5.41) is 4.38. The van der Waals surface area contributed by atoms with E-state index in [-0.39, 0.29) is 0 Å².